The molecule has 170 valence electrons. The lowest BCUT2D eigenvalue weighted by Gasteiger charge is -2.60. The Kier molecular flexibility index (Phi) is 5.90. The van der Waals surface area contributed by atoms with E-state index in [-0.39, 0.29) is 16.4 Å². The minimum atomic E-state index is -0.285. The minimum absolute atomic E-state index is 0.0147. The molecule has 1 aromatic rings. The number of fused-ring (bicyclic) bond motifs is 5. The van der Waals surface area contributed by atoms with Gasteiger partial charge in [-0.3, -0.25) is 10.1 Å². The first-order valence-electron chi connectivity index (χ1n) is 13.2. The van der Waals surface area contributed by atoms with Gasteiger partial charge >= 0.3 is 0 Å². The van der Waals surface area contributed by atoms with E-state index in [2.05, 4.69) is 37.3 Å². The maximum absolute atomic E-state index is 12.2. The van der Waals surface area contributed by atoms with Crippen molar-refractivity contribution in [2.45, 2.75) is 103 Å². The molecule has 4 saturated carbocycles. The summed E-state index contributed by atoms with van der Waals surface area (Å²) in [4.78, 5) is 12.3. The maximum atomic E-state index is 12.2. The van der Waals surface area contributed by atoms with E-state index in [4.69, 9.17) is 0 Å². The lowest BCUT2D eigenvalue weighted by Crippen LogP contribution is -2.55. The van der Waals surface area contributed by atoms with E-state index in [1.807, 2.05) is 0 Å². The van der Waals surface area contributed by atoms with Crippen molar-refractivity contribution in [1.29, 1.82) is 0 Å². The van der Waals surface area contributed by atoms with Gasteiger partial charge in [0, 0.05) is 16.8 Å². The third-order valence-corrected chi connectivity index (χ3v) is 10.7. The number of hydrogen-bond donors (Lipinski definition) is 0. The fraction of sp³-hybridized carbons (Fsp3) is 0.786. The van der Waals surface area contributed by atoms with Gasteiger partial charge < -0.3 is 0 Å². The normalized spacial score (nSPS) is 41.8. The van der Waals surface area contributed by atoms with Gasteiger partial charge in [-0.15, -0.1) is 0 Å². The number of nitro groups is 1. The Morgan fingerprint density at radius 2 is 1.77 bits per heavy atom. The molecule has 1 aromatic carbocycles. The van der Waals surface area contributed by atoms with Crippen LogP contribution in [0.3, 0.4) is 0 Å². The van der Waals surface area contributed by atoms with Crippen LogP contribution < -0.4 is 0 Å². The van der Waals surface area contributed by atoms with Gasteiger partial charge in [0.05, 0.1) is 0 Å². The highest BCUT2D eigenvalue weighted by molar-refractivity contribution is 5.15. The molecule has 5 rings (SSSR count). The van der Waals surface area contributed by atoms with Gasteiger partial charge in [0.1, 0.15) is 0 Å². The first kappa shape index (κ1) is 21.5. The van der Waals surface area contributed by atoms with Crippen LogP contribution in [0.4, 0.5) is 0 Å². The third-order valence-electron chi connectivity index (χ3n) is 10.7. The molecule has 0 amide bonds. The highest BCUT2D eigenvalue weighted by atomic mass is 16.6. The van der Waals surface area contributed by atoms with Crippen LogP contribution in [-0.2, 0) is 6.42 Å². The molecule has 0 saturated heterocycles. The van der Waals surface area contributed by atoms with Crippen molar-refractivity contribution in [1.82, 2.24) is 0 Å². The Hall–Kier alpha value is -1.38. The van der Waals surface area contributed by atoms with Gasteiger partial charge in [0.25, 0.3) is 0 Å². The van der Waals surface area contributed by atoms with Crippen molar-refractivity contribution >= 4 is 0 Å². The second-order valence-electron chi connectivity index (χ2n) is 11.7. The van der Waals surface area contributed by atoms with Crippen LogP contribution >= 0.6 is 0 Å². The highest BCUT2D eigenvalue weighted by Gasteiger charge is 2.64. The van der Waals surface area contributed by atoms with E-state index >= 15 is 0 Å². The minimum Gasteiger partial charge on any atom is -0.264 e. The van der Waals surface area contributed by atoms with Gasteiger partial charge in [-0.1, -0.05) is 56.5 Å². The second-order valence-corrected chi connectivity index (χ2v) is 11.7. The molecule has 0 spiro atoms. The van der Waals surface area contributed by atoms with Crippen LogP contribution in [0.15, 0.2) is 30.3 Å². The van der Waals surface area contributed by atoms with Crippen molar-refractivity contribution in [3.8, 4) is 0 Å². The molecule has 0 N–H and O–H groups in total. The molecule has 4 aliphatic carbocycles. The summed E-state index contributed by atoms with van der Waals surface area (Å²) < 4.78 is 0. The lowest BCUT2D eigenvalue weighted by atomic mass is 9.44. The topological polar surface area (TPSA) is 43.1 Å². The first-order valence-corrected chi connectivity index (χ1v) is 13.2. The van der Waals surface area contributed by atoms with Crippen LogP contribution in [0.1, 0.15) is 96.0 Å². The summed E-state index contributed by atoms with van der Waals surface area (Å²) in [5.74, 6) is 3.12. The van der Waals surface area contributed by atoms with Gasteiger partial charge in [-0.05, 0) is 98.9 Å². The van der Waals surface area contributed by atoms with E-state index < -0.39 is 0 Å². The summed E-state index contributed by atoms with van der Waals surface area (Å²) in [7, 11) is 0. The molecule has 0 aromatic heterocycles. The summed E-state index contributed by atoms with van der Waals surface area (Å²) in [5, 5.41) is 12.2. The summed E-state index contributed by atoms with van der Waals surface area (Å²) in [6.07, 6.45) is 17.3. The van der Waals surface area contributed by atoms with Gasteiger partial charge in [-0.2, -0.15) is 0 Å². The molecule has 3 heteroatoms. The Morgan fingerprint density at radius 3 is 2.58 bits per heavy atom. The van der Waals surface area contributed by atoms with E-state index in [1.165, 1.54) is 50.5 Å². The summed E-state index contributed by atoms with van der Waals surface area (Å²) >= 11 is 0. The molecule has 0 unspecified atom stereocenters. The summed E-state index contributed by atoms with van der Waals surface area (Å²) in [6, 6.07) is 10.5. The Morgan fingerprint density at radius 1 is 0.935 bits per heavy atom. The quantitative estimate of drug-likeness (QED) is 0.271. The van der Waals surface area contributed by atoms with Crippen molar-refractivity contribution in [2.24, 2.45) is 34.5 Å². The van der Waals surface area contributed by atoms with Gasteiger partial charge in [0.15, 0.2) is 0 Å². The number of aryl methyl sites for hydroxylation is 1. The van der Waals surface area contributed by atoms with E-state index in [0.717, 1.165) is 62.7 Å². The average molecular weight is 424 g/mol. The van der Waals surface area contributed by atoms with Crippen molar-refractivity contribution in [3.05, 3.63) is 46.0 Å². The molecule has 4 aliphatic rings. The fourth-order valence-electron chi connectivity index (χ4n) is 9.30. The molecular weight excluding hydrogens is 382 g/mol. The molecule has 31 heavy (non-hydrogen) atoms. The monoisotopic (exact) mass is 423 g/mol. The Bertz CT molecular complexity index is 778. The zero-order valence-electron chi connectivity index (χ0n) is 19.4. The van der Waals surface area contributed by atoms with Crippen LogP contribution in [0.5, 0.6) is 0 Å². The van der Waals surface area contributed by atoms with Gasteiger partial charge in [0.2, 0.25) is 6.04 Å². The van der Waals surface area contributed by atoms with E-state index in [9.17, 15) is 10.1 Å². The number of rotatable bonds is 6. The molecule has 0 bridgehead atoms. The molecular formula is C28H41NO2. The van der Waals surface area contributed by atoms with Crippen molar-refractivity contribution < 1.29 is 4.92 Å². The van der Waals surface area contributed by atoms with Crippen molar-refractivity contribution in [2.75, 3.05) is 0 Å². The maximum Gasteiger partial charge on any atom is 0.218 e. The SMILES string of the molecule is C[C@]12CCCC[C@@H]1CC[C@@H]1[C@@H]2CC[C@]2(CCCCc3ccccc3)[C@@H]([N+](=O)[O-])CC[C@@H]12. The molecule has 7 atom stereocenters. The predicted molar refractivity (Wildman–Crippen MR) is 125 cm³/mol. The lowest BCUT2D eigenvalue weighted by molar-refractivity contribution is -0.542. The average Bonchev–Trinajstić information content (AvgIpc) is 3.17. The molecule has 4 fully saturated rings. The van der Waals surface area contributed by atoms with Crippen molar-refractivity contribution in [3.63, 3.8) is 0 Å². The van der Waals surface area contributed by atoms with Crippen LogP contribution in [0.2, 0.25) is 0 Å². The molecule has 0 radical (unpaired) electrons. The number of benzene rings is 1. The third kappa shape index (κ3) is 3.64. The zero-order valence-corrected chi connectivity index (χ0v) is 19.4. The van der Waals surface area contributed by atoms with E-state index in [1.54, 1.807) is 0 Å². The summed E-state index contributed by atoms with van der Waals surface area (Å²) in [6.45, 7) is 2.61. The summed E-state index contributed by atoms with van der Waals surface area (Å²) in [5.41, 5.74) is 1.91. The predicted octanol–water partition coefficient (Wildman–Crippen LogP) is 7.46. The Labute approximate surface area is 188 Å². The molecule has 0 heterocycles. The number of unbranched alkanes of at least 4 members (excludes halogenated alkanes) is 1. The Balaban J connectivity index is 1.33. The zero-order chi connectivity index (χ0) is 21.5. The molecule has 3 nitrogen and oxygen atoms in total. The van der Waals surface area contributed by atoms with Gasteiger partial charge in [-0.25, -0.2) is 0 Å². The van der Waals surface area contributed by atoms with Crippen LogP contribution in [0, 0.1) is 44.6 Å². The molecule has 0 aliphatic heterocycles. The first-order chi connectivity index (χ1) is 15.0. The smallest absolute Gasteiger partial charge is 0.218 e. The number of hydrogen-bond acceptors (Lipinski definition) is 2. The van der Waals surface area contributed by atoms with Crippen LogP contribution in [-0.4, -0.2) is 11.0 Å². The van der Waals surface area contributed by atoms with E-state index in [0.29, 0.717) is 11.3 Å². The highest BCUT2D eigenvalue weighted by Crippen LogP contribution is 2.67. The van der Waals surface area contributed by atoms with Crippen LogP contribution in [0.25, 0.3) is 0 Å². The largest absolute Gasteiger partial charge is 0.264 e. The number of nitrogens with zero attached hydrogens (tertiary/aromatic N) is 1. The fourth-order valence-corrected chi connectivity index (χ4v) is 9.30. The standard InChI is InChI=1S/C28H41NO2/c1-27-18-7-6-12-22(27)13-14-23-24(27)17-20-28(25(23)15-16-26(28)29(30)31)19-8-5-11-21-9-3-2-4-10-21/h2-4,9-10,22-26H,5-8,11-20H2,1H3/t22-,23-,24+,25+,26+,27+,28+/m1/s1. The second kappa shape index (κ2) is 8.52.